The zero-order valence-corrected chi connectivity index (χ0v) is 16.3. The van der Waals surface area contributed by atoms with Gasteiger partial charge in [0.05, 0.1) is 12.3 Å². The van der Waals surface area contributed by atoms with Crippen molar-refractivity contribution < 1.29 is 4.74 Å². The highest BCUT2D eigenvalue weighted by molar-refractivity contribution is 5.61. The number of aryl methyl sites for hydroxylation is 1. The van der Waals surface area contributed by atoms with Gasteiger partial charge in [-0.1, -0.05) is 0 Å². The molecule has 6 nitrogen and oxygen atoms in total. The van der Waals surface area contributed by atoms with E-state index in [-0.39, 0.29) is 0 Å². The van der Waals surface area contributed by atoms with Gasteiger partial charge < -0.3 is 19.9 Å². The Labute approximate surface area is 160 Å². The summed E-state index contributed by atoms with van der Waals surface area (Å²) in [6, 6.07) is 2.73. The van der Waals surface area contributed by atoms with Crippen LogP contribution in [0, 0.1) is 24.7 Å². The lowest BCUT2D eigenvalue weighted by Crippen LogP contribution is -2.28. The van der Waals surface area contributed by atoms with Gasteiger partial charge in [-0.15, -0.1) is 0 Å². The lowest BCUT2D eigenvalue weighted by molar-refractivity contribution is 0.152. The molecule has 27 heavy (non-hydrogen) atoms. The molecule has 3 atom stereocenters. The van der Waals surface area contributed by atoms with Crippen LogP contribution in [0.25, 0.3) is 11.3 Å². The number of piperidine rings is 1. The van der Waals surface area contributed by atoms with Crippen molar-refractivity contribution in [2.24, 2.45) is 17.8 Å². The van der Waals surface area contributed by atoms with Gasteiger partial charge in [-0.25, -0.2) is 9.97 Å². The number of nitrogen functional groups attached to an aromatic ring is 1. The van der Waals surface area contributed by atoms with Gasteiger partial charge in [-0.2, -0.15) is 0 Å². The second-order valence-electron chi connectivity index (χ2n) is 8.59. The van der Waals surface area contributed by atoms with Gasteiger partial charge in [0.25, 0.3) is 0 Å². The van der Waals surface area contributed by atoms with Gasteiger partial charge >= 0.3 is 0 Å². The predicted octanol–water partition coefficient (Wildman–Crippen LogP) is 2.54. The number of anilines is 1. The van der Waals surface area contributed by atoms with Crippen LogP contribution in [-0.2, 0) is 11.2 Å². The molecule has 0 aromatic carbocycles. The van der Waals surface area contributed by atoms with Crippen molar-refractivity contribution in [3.63, 3.8) is 0 Å². The maximum absolute atomic E-state index is 5.89. The number of pyridine rings is 1. The van der Waals surface area contributed by atoms with Gasteiger partial charge in [-0.3, -0.25) is 0 Å². The van der Waals surface area contributed by atoms with Gasteiger partial charge in [0.2, 0.25) is 0 Å². The molecule has 5 rings (SSSR count). The summed E-state index contributed by atoms with van der Waals surface area (Å²) in [5, 5.41) is 0. The normalized spacial score (nSPS) is 27.1. The summed E-state index contributed by atoms with van der Waals surface area (Å²) < 4.78 is 7.74. The molecule has 1 aliphatic heterocycles. The third-order valence-corrected chi connectivity index (χ3v) is 6.55. The van der Waals surface area contributed by atoms with E-state index in [4.69, 9.17) is 15.5 Å². The van der Waals surface area contributed by atoms with Crippen molar-refractivity contribution in [2.45, 2.75) is 32.2 Å². The van der Waals surface area contributed by atoms with E-state index in [2.05, 4.69) is 26.7 Å². The molecule has 0 bridgehead atoms. The fourth-order valence-electron chi connectivity index (χ4n) is 4.68. The third kappa shape index (κ3) is 3.25. The van der Waals surface area contributed by atoms with E-state index in [9.17, 15) is 0 Å². The van der Waals surface area contributed by atoms with Crippen molar-refractivity contribution in [3.05, 3.63) is 29.8 Å². The predicted molar refractivity (Wildman–Crippen MR) is 105 cm³/mol. The fraction of sp³-hybridized carbons (Fsp3) is 0.619. The number of rotatable bonds is 7. The van der Waals surface area contributed by atoms with Crippen LogP contribution in [0.5, 0.6) is 0 Å². The van der Waals surface area contributed by atoms with Gasteiger partial charge in [0.1, 0.15) is 11.6 Å². The van der Waals surface area contributed by atoms with Crippen LogP contribution in [0.1, 0.15) is 30.3 Å². The molecule has 2 aliphatic carbocycles. The molecule has 3 fully saturated rings. The van der Waals surface area contributed by atoms with Gasteiger partial charge in [0.15, 0.2) is 0 Å². The monoisotopic (exact) mass is 367 g/mol. The Hall–Kier alpha value is -1.92. The summed E-state index contributed by atoms with van der Waals surface area (Å²) in [5.74, 6) is 4.25. The number of ether oxygens (including phenoxy) is 1. The molecule has 3 heterocycles. The Morgan fingerprint density at radius 2 is 2.04 bits per heavy atom. The molecule has 1 saturated heterocycles. The van der Waals surface area contributed by atoms with E-state index < -0.39 is 0 Å². The minimum Gasteiger partial charge on any atom is -0.383 e. The highest BCUT2D eigenvalue weighted by Crippen LogP contribution is 2.56. The van der Waals surface area contributed by atoms with Crippen molar-refractivity contribution in [3.8, 4) is 11.3 Å². The van der Waals surface area contributed by atoms with Crippen LogP contribution in [0.3, 0.4) is 0 Å². The minimum absolute atomic E-state index is 0.601. The number of hydrogen-bond acceptors (Lipinski definition) is 5. The molecule has 3 aliphatic rings. The Bertz CT molecular complexity index is 831. The van der Waals surface area contributed by atoms with Gasteiger partial charge in [0, 0.05) is 57.2 Å². The lowest BCUT2D eigenvalue weighted by Gasteiger charge is -2.20. The van der Waals surface area contributed by atoms with E-state index in [1.54, 1.807) is 7.11 Å². The number of nitrogens with zero attached hydrogens (tertiary/aromatic N) is 4. The van der Waals surface area contributed by atoms with E-state index >= 15 is 0 Å². The van der Waals surface area contributed by atoms with E-state index in [1.807, 2.05) is 13.1 Å². The first-order valence-electron chi connectivity index (χ1n) is 10.2. The average molecular weight is 367 g/mol. The highest BCUT2D eigenvalue weighted by Gasteiger charge is 2.57. The van der Waals surface area contributed by atoms with E-state index in [1.165, 1.54) is 31.8 Å². The molecule has 0 spiro atoms. The van der Waals surface area contributed by atoms with Crippen molar-refractivity contribution in [2.75, 3.05) is 39.1 Å². The Morgan fingerprint density at radius 3 is 2.70 bits per heavy atom. The quantitative estimate of drug-likeness (QED) is 0.814. The summed E-state index contributed by atoms with van der Waals surface area (Å²) >= 11 is 0. The minimum atomic E-state index is 0.601. The maximum Gasteiger partial charge on any atom is 0.126 e. The van der Waals surface area contributed by atoms with Crippen molar-refractivity contribution in [1.29, 1.82) is 0 Å². The number of aromatic nitrogens is 3. The molecule has 2 N–H and O–H groups in total. The first kappa shape index (κ1) is 17.2. The summed E-state index contributed by atoms with van der Waals surface area (Å²) in [6.07, 6.45) is 7.95. The first-order chi connectivity index (χ1) is 13.1. The van der Waals surface area contributed by atoms with Gasteiger partial charge in [-0.05, 0) is 49.1 Å². The van der Waals surface area contributed by atoms with E-state index in [0.29, 0.717) is 11.9 Å². The molecule has 0 amide bonds. The number of hydrogen-bond donors (Lipinski definition) is 1. The van der Waals surface area contributed by atoms with Crippen LogP contribution in [0.15, 0.2) is 18.5 Å². The van der Waals surface area contributed by atoms with Crippen LogP contribution in [0.4, 0.5) is 5.82 Å². The molecule has 2 aromatic rings. The molecule has 144 valence electrons. The van der Waals surface area contributed by atoms with Crippen LogP contribution in [0.2, 0.25) is 0 Å². The summed E-state index contributed by atoms with van der Waals surface area (Å²) in [7, 11) is 1.78. The fourth-order valence-corrected chi connectivity index (χ4v) is 4.68. The number of likely N-dealkylation sites (tertiary alicyclic amines) is 1. The number of nitrogens with two attached hydrogens (primary N) is 1. The number of fused-ring (bicyclic) bond motifs is 1. The molecule has 1 unspecified atom stereocenters. The Balaban J connectivity index is 1.38. The Kier molecular flexibility index (Phi) is 4.20. The van der Waals surface area contributed by atoms with Crippen molar-refractivity contribution in [1.82, 2.24) is 19.4 Å². The summed E-state index contributed by atoms with van der Waals surface area (Å²) in [5.41, 5.74) is 9.03. The largest absolute Gasteiger partial charge is 0.383 e. The topological polar surface area (TPSA) is 69.2 Å². The summed E-state index contributed by atoms with van der Waals surface area (Å²) in [4.78, 5) is 11.9. The average Bonchev–Trinajstić information content (AvgIpc) is 3.50. The smallest absolute Gasteiger partial charge is 0.126 e. The molecule has 6 heteroatoms. The van der Waals surface area contributed by atoms with Crippen LogP contribution >= 0.6 is 0 Å². The number of imidazole rings is 1. The maximum atomic E-state index is 5.89. The lowest BCUT2D eigenvalue weighted by atomic mass is 10.1. The second kappa shape index (κ2) is 6.60. The number of methoxy groups -OCH3 is 1. The zero-order valence-electron chi connectivity index (χ0n) is 16.3. The SMILES string of the molecule is COCCN1C[C@@H]2C(n3cc(-c4cnc(N)c(C)c4)nc3CC3CC3)[C@@H]2C1. The molecular weight excluding hydrogens is 338 g/mol. The molecule has 2 aromatic heterocycles. The van der Waals surface area contributed by atoms with Crippen LogP contribution in [-0.4, -0.2) is 52.8 Å². The second-order valence-corrected chi connectivity index (χ2v) is 8.59. The van der Waals surface area contributed by atoms with E-state index in [0.717, 1.165) is 54.1 Å². The summed E-state index contributed by atoms with van der Waals surface area (Å²) in [6.45, 7) is 6.27. The molecule has 2 saturated carbocycles. The van der Waals surface area contributed by atoms with Crippen molar-refractivity contribution >= 4 is 5.82 Å². The molecular formula is C21H29N5O. The zero-order chi connectivity index (χ0) is 18.5. The molecule has 0 radical (unpaired) electrons. The highest BCUT2D eigenvalue weighted by atomic mass is 16.5. The Morgan fingerprint density at radius 1 is 1.26 bits per heavy atom. The third-order valence-electron chi connectivity index (χ3n) is 6.55. The van der Waals surface area contributed by atoms with Crippen LogP contribution < -0.4 is 5.73 Å². The standard InChI is InChI=1S/C21H29N5O/c1-13-7-15(9-23-21(13)22)18-12-26(19(24-18)8-14-3-4-14)20-16-10-25(5-6-27-2)11-17(16)20/h7,9,12,14,16-17,20H,3-6,8,10-11H2,1-2H3,(H2,22,23)/t16-,17+,20?. The first-order valence-corrected chi connectivity index (χ1v) is 10.2.